The van der Waals surface area contributed by atoms with Crippen molar-refractivity contribution in [2.75, 3.05) is 24.1 Å². The summed E-state index contributed by atoms with van der Waals surface area (Å²) in [6.07, 6.45) is 1.08. The molecule has 0 aliphatic carbocycles. The lowest BCUT2D eigenvalue weighted by atomic mass is 10.2. The second-order valence-electron chi connectivity index (χ2n) is 4.78. The summed E-state index contributed by atoms with van der Waals surface area (Å²) >= 11 is 0. The van der Waals surface area contributed by atoms with Crippen molar-refractivity contribution in [3.63, 3.8) is 0 Å². The van der Waals surface area contributed by atoms with E-state index in [1.54, 1.807) is 0 Å². The average molecular weight is 255 g/mol. The van der Waals surface area contributed by atoms with Crippen LogP contribution in [0.25, 0.3) is 0 Å². The van der Waals surface area contributed by atoms with Gasteiger partial charge in [-0.05, 0) is 27.7 Å². The molecule has 0 spiro atoms. The number of aromatic nitrogens is 2. The van der Waals surface area contributed by atoms with Crippen LogP contribution in [0.5, 0.6) is 0 Å². The maximum absolute atomic E-state index is 13.4. The molecule has 18 heavy (non-hydrogen) atoms. The second kappa shape index (κ2) is 6.49. The Morgan fingerprint density at radius 3 is 2.50 bits per heavy atom. The maximum Gasteiger partial charge on any atom is 0.222 e. The predicted octanol–water partition coefficient (Wildman–Crippen LogP) is 1.73. The summed E-state index contributed by atoms with van der Waals surface area (Å²) in [5.41, 5.74) is 5.42. The van der Waals surface area contributed by atoms with Gasteiger partial charge in [-0.3, -0.25) is 4.90 Å². The molecule has 0 unspecified atom stereocenters. The topological polar surface area (TPSA) is 67.1 Å². The fraction of sp³-hybridized carbons (Fsp3) is 0.667. The van der Waals surface area contributed by atoms with Gasteiger partial charge in [-0.2, -0.15) is 4.98 Å². The van der Waals surface area contributed by atoms with Gasteiger partial charge in [0, 0.05) is 25.2 Å². The van der Waals surface area contributed by atoms with E-state index in [0.29, 0.717) is 18.6 Å². The largest absolute Gasteiger partial charge is 0.368 e. The molecule has 1 aromatic heterocycles. The minimum absolute atomic E-state index is 0.0727. The Bertz CT molecular complexity index is 373. The molecule has 5 nitrogen and oxygen atoms in total. The summed E-state index contributed by atoms with van der Waals surface area (Å²) < 4.78 is 13.4. The van der Waals surface area contributed by atoms with Crippen LogP contribution in [0.15, 0.2) is 6.20 Å². The van der Waals surface area contributed by atoms with E-state index in [1.807, 2.05) is 0 Å². The summed E-state index contributed by atoms with van der Waals surface area (Å²) in [6.45, 7) is 10.0. The molecule has 0 fully saturated rings. The highest BCUT2D eigenvalue weighted by Crippen LogP contribution is 2.10. The van der Waals surface area contributed by atoms with Gasteiger partial charge >= 0.3 is 0 Å². The lowest BCUT2D eigenvalue weighted by Gasteiger charge is -2.30. The summed E-state index contributed by atoms with van der Waals surface area (Å²) in [4.78, 5) is 9.72. The molecule has 3 N–H and O–H groups in total. The molecule has 102 valence electrons. The quantitative estimate of drug-likeness (QED) is 0.810. The number of hydrogen-bond acceptors (Lipinski definition) is 5. The third-order valence-corrected chi connectivity index (χ3v) is 2.75. The van der Waals surface area contributed by atoms with Crippen LogP contribution in [0.3, 0.4) is 0 Å². The molecule has 1 aromatic rings. The molecule has 1 heterocycles. The van der Waals surface area contributed by atoms with Gasteiger partial charge in [0.25, 0.3) is 0 Å². The molecule has 0 aromatic carbocycles. The molecule has 0 amide bonds. The van der Waals surface area contributed by atoms with E-state index in [1.165, 1.54) is 0 Å². The van der Waals surface area contributed by atoms with Crippen molar-refractivity contribution in [1.82, 2.24) is 14.9 Å². The van der Waals surface area contributed by atoms with Crippen LogP contribution in [0, 0.1) is 5.82 Å². The van der Waals surface area contributed by atoms with Gasteiger partial charge in [0.15, 0.2) is 11.6 Å². The van der Waals surface area contributed by atoms with Crippen molar-refractivity contribution in [3.8, 4) is 0 Å². The highest BCUT2D eigenvalue weighted by Gasteiger charge is 2.13. The lowest BCUT2D eigenvalue weighted by Crippen LogP contribution is -2.40. The van der Waals surface area contributed by atoms with Crippen molar-refractivity contribution >= 4 is 11.8 Å². The molecule has 0 bridgehead atoms. The zero-order chi connectivity index (χ0) is 13.7. The van der Waals surface area contributed by atoms with Crippen molar-refractivity contribution in [2.45, 2.75) is 39.8 Å². The number of nitrogens with one attached hydrogen (secondary N) is 1. The van der Waals surface area contributed by atoms with E-state index in [0.717, 1.165) is 12.7 Å². The van der Waals surface area contributed by atoms with Gasteiger partial charge in [0.1, 0.15) is 0 Å². The minimum atomic E-state index is -0.482. The molecule has 0 saturated heterocycles. The summed E-state index contributed by atoms with van der Waals surface area (Å²) in [5, 5.41) is 2.95. The number of anilines is 2. The molecule has 1 rings (SSSR count). The van der Waals surface area contributed by atoms with Gasteiger partial charge < -0.3 is 11.1 Å². The fourth-order valence-corrected chi connectivity index (χ4v) is 1.92. The van der Waals surface area contributed by atoms with Gasteiger partial charge in [-0.1, -0.05) is 0 Å². The van der Waals surface area contributed by atoms with Crippen molar-refractivity contribution < 1.29 is 4.39 Å². The number of nitrogen functional groups attached to an aromatic ring is 1. The van der Waals surface area contributed by atoms with E-state index in [-0.39, 0.29) is 11.8 Å². The molecule has 0 saturated carbocycles. The van der Waals surface area contributed by atoms with Crippen molar-refractivity contribution in [1.29, 1.82) is 0 Å². The Balaban J connectivity index is 2.52. The second-order valence-corrected chi connectivity index (χ2v) is 4.78. The monoisotopic (exact) mass is 255 g/mol. The molecule has 0 aliphatic heterocycles. The van der Waals surface area contributed by atoms with Crippen LogP contribution in [0.4, 0.5) is 16.2 Å². The Labute approximate surface area is 108 Å². The van der Waals surface area contributed by atoms with Crippen LogP contribution in [0.2, 0.25) is 0 Å². The van der Waals surface area contributed by atoms with Gasteiger partial charge in [0.05, 0.1) is 6.20 Å². The molecular weight excluding hydrogens is 233 g/mol. The molecule has 0 aliphatic rings. The molecule has 0 atom stereocenters. The smallest absolute Gasteiger partial charge is 0.222 e. The first-order valence-electron chi connectivity index (χ1n) is 6.19. The Hall–Kier alpha value is -1.43. The van der Waals surface area contributed by atoms with Crippen LogP contribution in [-0.2, 0) is 0 Å². The molecular formula is C12H22FN5. The first-order valence-corrected chi connectivity index (χ1v) is 6.19. The van der Waals surface area contributed by atoms with E-state index in [4.69, 9.17) is 5.73 Å². The van der Waals surface area contributed by atoms with E-state index < -0.39 is 5.82 Å². The number of halogens is 1. The highest BCUT2D eigenvalue weighted by molar-refractivity contribution is 5.38. The first kappa shape index (κ1) is 14.6. The Kier molecular flexibility index (Phi) is 5.27. The highest BCUT2D eigenvalue weighted by atomic mass is 19.1. The number of nitrogens with two attached hydrogens (primary N) is 1. The third kappa shape index (κ3) is 4.10. The SMILES string of the molecule is CC(C)N(CCNc1nc(N)ncc1F)C(C)C. The lowest BCUT2D eigenvalue weighted by molar-refractivity contribution is 0.182. The van der Waals surface area contributed by atoms with Crippen LogP contribution in [-0.4, -0.2) is 40.0 Å². The van der Waals surface area contributed by atoms with E-state index >= 15 is 0 Å². The van der Waals surface area contributed by atoms with Gasteiger partial charge in [-0.15, -0.1) is 0 Å². The summed E-state index contributed by atoms with van der Waals surface area (Å²) in [6, 6.07) is 0.902. The Morgan fingerprint density at radius 1 is 1.33 bits per heavy atom. The minimum Gasteiger partial charge on any atom is -0.368 e. The third-order valence-electron chi connectivity index (χ3n) is 2.75. The average Bonchev–Trinajstić information content (AvgIpc) is 2.27. The van der Waals surface area contributed by atoms with Gasteiger partial charge in [0.2, 0.25) is 5.95 Å². The normalized spacial score (nSPS) is 11.6. The first-order chi connectivity index (χ1) is 8.41. The standard InChI is InChI=1S/C12H22FN5/c1-8(2)18(9(3)4)6-5-15-11-10(13)7-16-12(14)17-11/h7-9H,5-6H2,1-4H3,(H3,14,15,16,17). The van der Waals surface area contributed by atoms with Crippen molar-refractivity contribution in [3.05, 3.63) is 12.0 Å². The molecule has 6 heteroatoms. The fourth-order valence-electron chi connectivity index (χ4n) is 1.92. The van der Waals surface area contributed by atoms with E-state index in [9.17, 15) is 4.39 Å². The molecule has 0 radical (unpaired) electrons. The van der Waals surface area contributed by atoms with Crippen LogP contribution < -0.4 is 11.1 Å². The summed E-state index contributed by atoms with van der Waals surface area (Å²) in [7, 11) is 0. The number of hydrogen-bond donors (Lipinski definition) is 2. The van der Waals surface area contributed by atoms with E-state index in [2.05, 4.69) is 47.9 Å². The van der Waals surface area contributed by atoms with Crippen LogP contribution in [0.1, 0.15) is 27.7 Å². The van der Waals surface area contributed by atoms with Gasteiger partial charge in [-0.25, -0.2) is 9.37 Å². The van der Waals surface area contributed by atoms with Crippen molar-refractivity contribution in [2.24, 2.45) is 0 Å². The maximum atomic E-state index is 13.4. The zero-order valence-corrected chi connectivity index (χ0v) is 11.4. The Morgan fingerprint density at radius 2 is 1.94 bits per heavy atom. The number of rotatable bonds is 6. The zero-order valence-electron chi connectivity index (χ0n) is 11.4. The van der Waals surface area contributed by atoms with Crippen LogP contribution >= 0.6 is 0 Å². The predicted molar refractivity (Wildman–Crippen MR) is 71.9 cm³/mol. The summed E-state index contributed by atoms with van der Waals surface area (Å²) in [5.74, 6) is -0.247. The number of nitrogens with zero attached hydrogens (tertiary/aromatic N) is 3.